The Morgan fingerprint density at radius 2 is 1.94 bits per heavy atom. The van der Waals surface area contributed by atoms with Crippen LogP contribution in [0.3, 0.4) is 0 Å². The second kappa shape index (κ2) is 6.58. The predicted octanol–water partition coefficient (Wildman–Crippen LogP) is 4.30. The summed E-state index contributed by atoms with van der Waals surface area (Å²) < 4.78 is 0. The molecular formula is C16H24ClN. The first-order chi connectivity index (χ1) is 8.63. The van der Waals surface area contributed by atoms with Crippen LogP contribution in [0.15, 0.2) is 24.3 Å². The minimum atomic E-state index is 0.648. The van der Waals surface area contributed by atoms with Crippen molar-refractivity contribution in [3.05, 3.63) is 34.9 Å². The van der Waals surface area contributed by atoms with Crippen molar-refractivity contribution in [2.45, 2.75) is 45.6 Å². The highest BCUT2D eigenvalue weighted by Crippen LogP contribution is 2.23. The van der Waals surface area contributed by atoms with E-state index in [0.29, 0.717) is 6.04 Å². The van der Waals surface area contributed by atoms with Crippen molar-refractivity contribution in [3.63, 3.8) is 0 Å². The van der Waals surface area contributed by atoms with Gasteiger partial charge >= 0.3 is 0 Å². The van der Waals surface area contributed by atoms with Crippen LogP contribution in [0.4, 0.5) is 0 Å². The summed E-state index contributed by atoms with van der Waals surface area (Å²) in [6.45, 7) is 5.83. The maximum atomic E-state index is 5.91. The third-order valence-corrected chi connectivity index (χ3v) is 4.07. The lowest BCUT2D eigenvalue weighted by Crippen LogP contribution is -2.40. The molecule has 0 saturated carbocycles. The zero-order valence-corrected chi connectivity index (χ0v) is 12.2. The van der Waals surface area contributed by atoms with Gasteiger partial charge in [0.15, 0.2) is 0 Å². The van der Waals surface area contributed by atoms with Crippen LogP contribution in [0, 0.1) is 11.8 Å². The highest BCUT2D eigenvalue weighted by Gasteiger charge is 2.21. The van der Waals surface area contributed by atoms with Crippen LogP contribution in [0.5, 0.6) is 0 Å². The molecule has 1 aromatic carbocycles. The lowest BCUT2D eigenvalue weighted by Gasteiger charge is -2.31. The molecule has 1 saturated heterocycles. The summed E-state index contributed by atoms with van der Waals surface area (Å²) in [5, 5.41) is 4.53. The Balaban J connectivity index is 1.78. The Kier molecular flexibility index (Phi) is 5.08. The van der Waals surface area contributed by atoms with Gasteiger partial charge in [0.1, 0.15) is 0 Å². The Morgan fingerprint density at radius 1 is 1.22 bits per heavy atom. The molecule has 2 atom stereocenters. The SMILES string of the molecule is CC(C)C[C@@H]1CC[C@H](Cc2ccc(Cl)cc2)NC1. The fourth-order valence-corrected chi connectivity index (χ4v) is 3.05. The van der Waals surface area contributed by atoms with Crippen LogP contribution in [0.2, 0.25) is 5.02 Å². The van der Waals surface area contributed by atoms with E-state index in [1.165, 1.54) is 31.4 Å². The summed E-state index contributed by atoms with van der Waals surface area (Å²) in [6, 6.07) is 8.91. The van der Waals surface area contributed by atoms with Crippen molar-refractivity contribution in [2.24, 2.45) is 11.8 Å². The van der Waals surface area contributed by atoms with Crippen molar-refractivity contribution in [3.8, 4) is 0 Å². The summed E-state index contributed by atoms with van der Waals surface area (Å²) in [5.41, 5.74) is 1.39. The van der Waals surface area contributed by atoms with Crippen LogP contribution in [0.1, 0.15) is 38.7 Å². The van der Waals surface area contributed by atoms with Gasteiger partial charge in [-0.2, -0.15) is 0 Å². The third-order valence-electron chi connectivity index (χ3n) is 3.82. The molecule has 0 amide bonds. The fraction of sp³-hybridized carbons (Fsp3) is 0.625. The molecule has 1 fully saturated rings. The predicted molar refractivity (Wildman–Crippen MR) is 79.1 cm³/mol. The average Bonchev–Trinajstić information content (AvgIpc) is 2.34. The van der Waals surface area contributed by atoms with Gasteiger partial charge < -0.3 is 5.32 Å². The highest BCUT2D eigenvalue weighted by molar-refractivity contribution is 6.30. The molecule has 0 bridgehead atoms. The van der Waals surface area contributed by atoms with Gasteiger partial charge in [0.2, 0.25) is 0 Å². The molecule has 2 heteroatoms. The molecule has 1 nitrogen and oxygen atoms in total. The van der Waals surface area contributed by atoms with E-state index in [-0.39, 0.29) is 0 Å². The van der Waals surface area contributed by atoms with Gasteiger partial charge in [0.25, 0.3) is 0 Å². The monoisotopic (exact) mass is 265 g/mol. The number of hydrogen-bond donors (Lipinski definition) is 1. The summed E-state index contributed by atoms with van der Waals surface area (Å²) in [4.78, 5) is 0. The molecule has 0 radical (unpaired) electrons. The molecule has 1 aliphatic rings. The minimum absolute atomic E-state index is 0.648. The van der Waals surface area contributed by atoms with Crippen molar-refractivity contribution >= 4 is 11.6 Å². The molecule has 0 spiro atoms. The molecule has 1 heterocycles. The molecule has 0 aliphatic carbocycles. The topological polar surface area (TPSA) is 12.0 Å². The Morgan fingerprint density at radius 3 is 2.50 bits per heavy atom. The number of halogens is 1. The summed E-state index contributed by atoms with van der Waals surface area (Å²) in [7, 11) is 0. The van der Waals surface area contributed by atoms with E-state index in [1.54, 1.807) is 0 Å². The van der Waals surface area contributed by atoms with Crippen molar-refractivity contribution in [2.75, 3.05) is 6.54 Å². The number of benzene rings is 1. The Hall–Kier alpha value is -0.530. The lowest BCUT2D eigenvalue weighted by atomic mass is 9.86. The zero-order chi connectivity index (χ0) is 13.0. The average molecular weight is 266 g/mol. The maximum Gasteiger partial charge on any atom is 0.0406 e. The smallest absolute Gasteiger partial charge is 0.0406 e. The van der Waals surface area contributed by atoms with Crippen molar-refractivity contribution in [1.29, 1.82) is 0 Å². The summed E-state index contributed by atoms with van der Waals surface area (Å²) >= 11 is 5.91. The second-order valence-electron chi connectivity index (χ2n) is 6.01. The number of nitrogens with one attached hydrogen (secondary N) is 1. The minimum Gasteiger partial charge on any atom is -0.313 e. The molecular weight excluding hydrogens is 242 g/mol. The van der Waals surface area contributed by atoms with Crippen molar-refractivity contribution < 1.29 is 0 Å². The number of piperidine rings is 1. The Bertz CT molecular complexity index is 350. The van der Waals surface area contributed by atoms with Crippen LogP contribution in [0.25, 0.3) is 0 Å². The maximum absolute atomic E-state index is 5.91. The van der Waals surface area contributed by atoms with Gasteiger partial charge in [0.05, 0.1) is 0 Å². The molecule has 100 valence electrons. The summed E-state index contributed by atoms with van der Waals surface area (Å²) in [5.74, 6) is 1.70. The van der Waals surface area contributed by atoms with Crippen LogP contribution < -0.4 is 5.32 Å². The molecule has 1 N–H and O–H groups in total. The quantitative estimate of drug-likeness (QED) is 0.856. The van der Waals surface area contributed by atoms with Gasteiger partial charge in [-0.25, -0.2) is 0 Å². The first-order valence-corrected chi connectivity index (χ1v) is 7.49. The van der Waals surface area contributed by atoms with Gasteiger partial charge in [-0.15, -0.1) is 0 Å². The number of hydrogen-bond acceptors (Lipinski definition) is 1. The van der Waals surface area contributed by atoms with Gasteiger partial charge in [-0.3, -0.25) is 0 Å². The van der Waals surface area contributed by atoms with E-state index in [4.69, 9.17) is 11.6 Å². The molecule has 1 aliphatic heterocycles. The van der Waals surface area contributed by atoms with Crippen molar-refractivity contribution in [1.82, 2.24) is 5.32 Å². The highest BCUT2D eigenvalue weighted by atomic mass is 35.5. The van der Waals surface area contributed by atoms with Gasteiger partial charge in [-0.1, -0.05) is 37.6 Å². The fourth-order valence-electron chi connectivity index (χ4n) is 2.92. The van der Waals surface area contributed by atoms with Gasteiger partial charge in [-0.05, 0) is 61.8 Å². The van der Waals surface area contributed by atoms with E-state index in [0.717, 1.165) is 23.3 Å². The number of rotatable bonds is 4. The molecule has 2 rings (SSSR count). The first kappa shape index (κ1) is 13.9. The normalized spacial score (nSPS) is 24.4. The van der Waals surface area contributed by atoms with E-state index in [9.17, 15) is 0 Å². The van der Waals surface area contributed by atoms with Crippen LogP contribution >= 0.6 is 11.6 Å². The second-order valence-corrected chi connectivity index (χ2v) is 6.45. The van der Waals surface area contributed by atoms with E-state index < -0.39 is 0 Å². The molecule has 0 aromatic heterocycles. The van der Waals surface area contributed by atoms with E-state index in [2.05, 4.69) is 31.3 Å². The largest absolute Gasteiger partial charge is 0.313 e. The zero-order valence-electron chi connectivity index (χ0n) is 11.5. The molecule has 18 heavy (non-hydrogen) atoms. The van der Waals surface area contributed by atoms with E-state index in [1.807, 2.05) is 12.1 Å². The van der Waals surface area contributed by atoms with E-state index >= 15 is 0 Å². The van der Waals surface area contributed by atoms with Crippen LogP contribution in [-0.4, -0.2) is 12.6 Å². The van der Waals surface area contributed by atoms with Crippen LogP contribution in [-0.2, 0) is 6.42 Å². The Labute approximate surface area is 116 Å². The lowest BCUT2D eigenvalue weighted by molar-refractivity contribution is 0.274. The molecule has 1 aromatic rings. The first-order valence-electron chi connectivity index (χ1n) is 7.11. The third kappa shape index (κ3) is 4.29. The summed E-state index contributed by atoms with van der Waals surface area (Å²) in [6.07, 6.45) is 5.18. The standard InChI is InChI=1S/C16H24ClN/c1-12(2)9-14-5-8-16(18-11-14)10-13-3-6-15(17)7-4-13/h3-4,6-7,12,14,16,18H,5,8-11H2,1-2H3/t14-,16+/m0/s1. The molecule has 0 unspecified atom stereocenters. The van der Waals surface area contributed by atoms with Gasteiger partial charge in [0, 0.05) is 11.1 Å².